The topological polar surface area (TPSA) is 57.5 Å². The Morgan fingerprint density at radius 2 is 1.27 bits per heavy atom. The zero-order valence-electron chi connectivity index (χ0n) is 14.7. The van der Waals surface area contributed by atoms with Crippen molar-refractivity contribution in [2.75, 3.05) is 6.61 Å². The molecule has 0 spiro atoms. The third-order valence-corrected chi connectivity index (χ3v) is 4.51. The van der Waals surface area contributed by atoms with E-state index in [2.05, 4.69) is 6.92 Å². The fourth-order valence-electron chi connectivity index (χ4n) is 3.07. The van der Waals surface area contributed by atoms with Crippen LogP contribution < -0.4 is 0 Å². The fraction of sp³-hybridized carbons (Fsp3) is 0.947. The minimum absolute atomic E-state index is 0.304. The first kappa shape index (κ1) is 21.4. The summed E-state index contributed by atoms with van der Waals surface area (Å²) in [4.78, 5) is 10.4. The lowest BCUT2D eigenvalue weighted by Gasteiger charge is -2.15. The standard InChI is InChI=1S/C19H38O3/c1-2-3-4-5-6-7-10-13-18(16-17-20)14-11-8-9-12-15-19(21)22/h18,20H,2-17H2,1H3,(H,21,22). The van der Waals surface area contributed by atoms with Crippen molar-refractivity contribution >= 4 is 5.97 Å². The molecular formula is C19H38O3. The van der Waals surface area contributed by atoms with Crippen molar-refractivity contribution in [2.45, 2.75) is 103 Å². The minimum atomic E-state index is -0.683. The predicted octanol–water partition coefficient (Wildman–Crippen LogP) is 5.55. The van der Waals surface area contributed by atoms with Gasteiger partial charge in [-0.25, -0.2) is 0 Å². The fourth-order valence-corrected chi connectivity index (χ4v) is 3.07. The molecule has 2 N–H and O–H groups in total. The molecule has 0 bridgehead atoms. The van der Waals surface area contributed by atoms with E-state index in [0.717, 1.165) is 25.7 Å². The van der Waals surface area contributed by atoms with Gasteiger partial charge < -0.3 is 10.2 Å². The molecule has 0 saturated carbocycles. The number of aliphatic carboxylic acids is 1. The van der Waals surface area contributed by atoms with Gasteiger partial charge in [-0.1, -0.05) is 84.0 Å². The molecule has 0 fully saturated rings. The summed E-state index contributed by atoms with van der Waals surface area (Å²) in [6, 6.07) is 0. The largest absolute Gasteiger partial charge is 0.481 e. The Hall–Kier alpha value is -0.570. The highest BCUT2D eigenvalue weighted by Gasteiger charge is 2.08. The lowest BCUT2D eigenvalue weighted by molar-refractivity contribution is -0.137. The number of hydrogen-bond donors (Lipinski definition) is 2. The Labute approximate surface area is 137 Å². The summed E-state index contributed by atoms with van der Waals surface area (Å²) in [6.07, 6.45) is 17.3. The second-order valence-electron chi connectivity index (χ2n) is 6.63. The van der Waals surface area contributed by atoms with Crippen LogP contribution in [0.15, 0.2) is 0 Å². The van der Waals surface area contributed by atoms with Gasteiger partial charge in [-0.3, -0.25) is 4.79 Å². The smallest absolute Gasteiger partial charge is 0.303 e. The quantitative estimate of drug-likeness (QED) is 0.346. The van der Waals surface area contributed by atoms with Gasteiger partial charge in [-0.15, -0.1) is 0 Å². The highest BCUT2D eigenvalue weighted by molar-refractivity contribution is 5.66. The summed E-state index contributed by atoms with van der Waals surface area (Å²) in [6.45, 7) is 2.56. The van der Waals surface area contributed by atoms with Crippen LogP contribution in [0.25, 0.3) is 0 Å². The van der Waals surface area contributed by atoms with E-state index >= 15 is 0 Å². The van der Waals surface area contributed by atoms with Crippen LogP contribution in [0.1, 0.15) is 103 Å². The first-order valence-corrected chi connectivity index (χ1v) is 9.53. The van der Waals surface area contributed by atoms with Crippen LogP contribution in [-0.2, 0) is 4.79 Å². The molecule has 22 heavy (non-hydrogen) atoms. The number of aliphatic hydroxyl groups is 1. The molecule has 0 aliphatic heterocycles. The van der Waals surface area contributed by atoms with Crippen LogP contribution >= 0.6 is 0 Å². The maximum absolute atomic E-state index is 10.4. The maximum Gasteiger partial charge on any atom is 0.303 e. The number of carboxylic acids is 1. The average molecular weight is 315 g/mol. The molecule has 1 unspecified atom stereocenters. The van der Waals surface area contributed by atoms with Crippen LogP contribution in [0, 0.1) is 5.92 Å². The Kier molecular flexibility index (Phi) is 16.4. The Balaban J connectivity index is 3.50. The van der Waals surface area contributed by atoms with Crippen molar-refractivity contribution in [1.29, 1.82) is 0 Å². The minimum Gasteiger partial charge on any atom is -0.481 e. The molecule has 0 rings (SSSR count). The van der Waals surface area contributed by atoms with Gasteiger partial charge >= 0.3 is 5.97 Å². The zero-order valence-corrected chi connectivity index (χ0v) is 14.7. The van der Waals surface area contributed by atoms with E-state index in [9.17, 15) is 9.90 Å². The third-order valence-electron chi connectivity index (χ3n) is 4.51. The molecule has 0 aromatic heterocycles. The summed E-state index contributed by atoms with van der Waals surface area (Å²) >= 11 is 0. The Morgan fingerprint density at radius 3 is 1.77 bits per heavy atom. The monoisotopic (exact) mass is 314 g/mol. The van der Waals surface area contributed by atoms with Gasteiger partial charge in [0, 0.05) is 13.0 Å². The van der Waals surface area contributed by atoms with Crippen molar-refractivity contribution in [2.24, 2.45) is 5.92 Å². The van der Waals surface area contributed by atoms with Crippen LogP contribution in [0.4, 0.5) is 0 Å². The number of aliphatic hydroxyl groups excluding tert-OH is 1. The molecule has 0 saturated heterocycles. The van der Waals surface area contributed by atoms with Gasteiger partial charge in [0.1, 0.15) is 0 Å². The van der Waals surface area contributed by atoms with Crippen LogP contribution in [0.3, 0.4) is 0 Å². The molecule has 0 heterocycles. The second kappa shape index (κ2) is 16.8. The van der Waals surface area contributed by atoms with Gasteiger partial charge in [0.25, 0.3) is 0 Å². The lowest BCUT2D eigenvalue weighted by atomic mass is 9.92. The third kappa shape index (κ3) is 15.8. The zero-order chi connectivity index (χ0) is 16.5. The van der Waals surface area contributed by atoms with E-state index in [1.807, 2.05) is 0 Å². The van der Waals surface area contributed by atoms with Crippen molar-refractivity contribution in [3.05, 3.63) is 0 Å². The molecule has 0 aliphatic rings. The molecule has 3 heteroatoms. The molecule has 0 radical (unpaired) electrons. The van der Waals surface area contributed by atoms with Gasteiger partial charge in [-0.05, 0) is 18.8 Å². The highest BCUT2D eigenvalue weighted by atomic mass is 16.4. The number of unbranched alkanes of at least 4 members (excludes halogenated alkanes) is 9. The summed E-state index contributed by atoms with van der Waals surface area (Å²) in [5.74, 6) is -0.0165. The molecule has 132 valence electrons. The van der Waals surface area contributed by atoms with E-state index in [1.54, 1.807) is 0 Å². The van der Waals surface area contributed by atoms with Crippen molar-refractivity contribution in [3.63, 3.8) is 0 Å². The molecule has 1 atom stereocenters. The van der Waals surface area contributed by atoms with Gasteiger partial charge in [0.05, 0.1) is 0 Å². The SMILES string of the molecule is CCCCCCCCCC(CCO)CCCCCCC(=O)O. The normalized spacial score (nSPS) is 12.5. The Bertz CT molecular complexity index is 241. The lowest BCUT2D eigenvalue weighted by Crippen LogP contribution is -2.04. The summed E-state index contributed by atoms with van der Waals surface area (Å²) < 4.78 is 0. The van der Waals surface area contributed by atoms with Crippen LogP contribution in [0.5, 0.6) is 0 Å². The first-order chi connectivity index (χ1) is 10.7. The van der Waals surface area contributed by atoms with Gasteiger partial charge in [0.15, 0.2) is 0 Å². The molecule has 0 aromatic carbocycles. The van der Waals surface area contributed by atoms with Gasteiger partial charge in [0.2, 0.25) is 0 Å². The van der Waals surface area contributed by atoms with E-state index in [-0.39, 0.29) is 0 Å². The van der Waals surface area contributed by atoms with Crippen molar-refractivity contribution in [3.8, 4) is 0 Å². The van der Waals surface area contributed by atoms with E-state index in [4.69, 9.17) is 5.11 Å². The Morgan fingerprint density at radius 1 is 0.773 bits per heavy atom. The molecule has 0 aliphatic carbocycles. The molecular weight excluding hydrogens is 276 g/mol. The second-order valence-corrected chi connectivity index (χ2v) is 6.63. The number of rotatable bonds is 17. The van der Waals surface area contributed by atoms with E-state index in [0.29, 0.717) is 18.9 Å². The average Bonchev–Trinajstić information content (AvgIpc) is 2.49. The maximum atomic E-state index is 10.4. The van der Waals surface area contributed by atoms with Crippen molar-refractivity contribution < 1.29 is 15.0 Å². The van der Waals surface area contributed by atoms with Crippen LogP contribution in [0.2, 0.25) is 0 Å². The van der Waals surface area contributed by atoms with Crippen LogP contribution in [-0.4, -0.2) is 22.8 Å². The predicted molar refractivity (Wildman–Crippen MR) is 93.1 cm³/mol. The summed E-state index contributed by atoms with van der Waals surface area (Å²) in [5.41, 5.74) is 0. The highest BCUT2D eigenvalue weighted by Crippen LogP contribution is 2.21. The van der Waals surface area contributed by atoms with E-state index < -0.39 is 5.97 Å². The van der Waals surface area contributed by atoms with Gasteiger partial charge in [-0.2, -0.15) is 0 Å². The van der Waals surface area contributed by atoms with E-state index in [1.165, 1.54) is 64.2 Å². The van der Waals surface area contributed by atoms with Crippen molar-refractivity contribution in [1.82, 2.24) is 0 Å². The number of carbonyl (C=O) groups is 1. The first-order valence-electron chi connectivity index (χ1n) is 9.53. The number of hydrogen-bond acceptors (Lipinski definition) is 2. The molecule has 0 amide bonds. The molecule has 3 nitrogen and oxygen atoms in total. The molecule has 0 aromatic rings. The summed E-state index contributed by atoms with van der Waals surface area (Å²) in [7, 11) is 0. The number of carboxylic acid groups (broad SMARTS) is 1. The summed E-state index contributed by atoms with van der Waals surface area (Å²) in [5, 5.41) is 17.8.